The Bertz CT molecular complexity index is 575. The van der Waals surface area contributed by atoms with Gasteiger partial charge < -0.3 is 4.74 Å². The monoisotopic (exact) mass is 323 g/mol. The van der Waals surface area contributed by atoms with Gasteiger partial charge in [0, 0.05) is 5.25 Å². The van der Waals surface area contributed by atoms with Gasteiger partial charge in [-0.15, -0.1) is 10.2 Å². The summed E-state index contributed by atoms with van der Waals surface area (Å²) in [7, 11) is 0. The highest BCUT2D eigenvalue weighted by atomic mass is 32.2. The van der Waals surface area contributed by atoms with E-state index in [9.17, 15) is 4.79 Å². The van der Waals surface area contributed by atoms with Gasteiger partial charge in [0.05, 0.1) is 0 Å². The van der Waals surface area contributed by atoms with Crippen LogP contribution in [-0.2, 0) is 4.79 Å². The zero-order chi connectivity index (χ0) is 15.1. The number of hydrogen-bond acceptors (Lipinski definition) is 6. The third-order valence-corrected chi connectivity index (χ3v) is 4.83. The van der Waals surface area contributed by atoms with Gasteiger partial charge in [0.15, 0.2) is 10.9 Å². The number of hydrogen-bond donors (Lipinski definition) is 1. The third kappa shape index (κ3) is 5.35. The van der Waals surface area contributed by atoms with Crippen molar-refractivity contribution < 1.29 is 9.53 Å². The van der Waals surface area contributed by atoms with Crippen molar-refractivity contribution in [2.75, 3.05) is 11.9 Å². The maximum Gasteiger partial charge on any atom is 0.264 e. The standard InChI is InChI=1S/C14H17N3O2S2/c1-3-10(2)20-14-17-16-13(21-14)15-12(18)9-19-11-7-5-4-6-8-11/h4-8,10H,3,9H2,1-2H3,(H,15,16,18). The third-order valence-electron chi connectivity index (χ3n) is 2.64. The number of benzene rings is 1. The molecule has 0 aliphatic heterocycles. The van der Waals surface area contributed by atoms with Crippen molar-refractivity contribution in [3.8, 4) is 5.75 Å². The molecule has 1 heterocycles. The summed E-state index contributed by atoms with van der Waals surface area (Å²) in [5.74, 6) is 0.424. The number of rotatable bonds is 7. The first-order chi connectivity index (χ1) is 10.2. The molecule has 0 spiro atoms. The molecule has 0 aliphatic rings. The van der Waals surface area contributed by atoms with Crippen molar-refractivity contribution >= 4 is 34.1 Å². The smallest absolute Gasteiger partial charge is 0.264 e. The number of ether oxygens (including phenoxy) is 1. The van der Waals surface area contributed by atoms with Crippen LogP contribution in [0.4, 0.5) is 5.13 Å². The number of nitrogens with one attached hydrogen (secondary N) is 1. The molecule has 7 heteroatoms. The summed E-state index contributed by atoms with van der Waals surface area (Å²) < 4.78 is 6.23. The Morgan fingerprint density at radius 2 is 2.14 bits per heavy atom. The van der Waals surface area contributed by atoms with Crippen molar-refractivity contribution in [1.29, 1.82) is 0 Å². The van der Waals surface area contributed by atoms with Gasteiger partial charge in [-0.1, -0.05) is 55.1 Å². The maximum atomic E-state index is 11.8. The van der Waals surface area contributed by atoms with Crippen LogP contribution in [0, 0.1) is 0 Å². The van der Waals surface area contributed by atoms with Crippen molar-refractivity contribution in [3.63, 3.8) is 0 Å². The summed E-state index contributed by atoms with van der Waals surface area (Å²) in [4.78, 5) is 11.8. The molecule has 112 valence electrons. The molecular formula is C14H17N3O2S2. The van der Waals surface area contributed by atoms with Crippen LogP contribution in [-0.4, -0.2) is 28.0 Å². The summed E-state index contributed by atoms with van der Waals surface area (Å²) in [5.41, 5.74) is 0. The fraction of sp³-hybridized carbons (Fsp3) is 0.357. The zero-order valence-corrected chi connectivity index (χ0v) is 13.5. The van der Waals surface area contributed by atoms with E-state index in [0.29, 0.717) is 16.1 Å². The van der Waals surface area contributed by atoms with E-state index in [-0.39, 0.29) is 12.5 Å². The lowest BCUT2D eigenvalue weighted by atomic mass is 10.3. The molecule has 1 unspecified atom stereocenters. The molecule has 0 radical (unpaired) electrons. The lowest BCUT2D eigenvalue weighted by Crippen LogP contribution is -2.20. The fourth-order valence-electron chi connectivity index (χ4n) is 1.38. The summed E-state index contributed by atoms with van der Waals surface area (Å²) in [6.07, 6.45) is 1.07. The van der Waals surface area contributed by atoms with Gasteiger partial charge in [-0.2, -0.15) is 0 Å². The molecule has 0 saturated carbocycles. The molecule has 0 saturated heterocycles. The second-order valence-corrected chi connectivity index (χ2v) is 7.02. The minimum atomic E-state index is -0.241. The molecule has 1 atom stereocenters. The molecule has 0 bridgehead atoms. The Morgan fingerprint density at radius 3 is 2.86 bits per heavy atom. The van der Waals surface area contributed by atoms with Crippen LogP contribution in [0.1, 0.15) is 20.3 Å². The van der Waals surface area contributed by atoms with Crippen LogP contribution >= 0.6 is 23.1 Å². The molecular weight excluding hydrogens is 306 g/mol. The largest absolute Gasteiger partial charge is 0.484 e. The maximum absolute atomic E-state index is 11.8. The number of nitrogens with zero attached hydrogens (tertiary/aromatic N) is 2. The van der Waals surface area contributed by atoms with E-state index in [1.807, 2.05) is 18.2 Å². The normalized spacial score (nSPS) is 11.9. The summed E-state index contributed by atoms with van der Waals surface area (Å²) in [5, 5.41) is 11.7. The Hall–Kier alpha value is -1.60. The van der Waals surface area contributed by atoms with Crippen LogP contribution in [0.2, 0.25) is 0 Å². The van der Waals surface area contributed by atoms with Crippen molar-refractivity contribution in [2.24, 2.45) is 0 Å². The van der Waals surface area contributed by atoms with E-state index in [1.54, 1.807) is 23.9 Å². The summed E-state index contributed by atoms with van der Waals surface area (Å²) in [6, 6.07) is 9.22. The molecule has 1 N–H and O–H groups in total. The highest BCUT2D eigenvalue weighted by Crippen LogP contribution is 2.29. The Kier molecular flexibility index (Phi) is 6.01. The van der Waals surface area contributed by atoms with E-state index in [2.05, 4.69) is 29.4 Å². The number of amides is 1. The Balaban J connectivity index is 1.80. The van der Waals surface area contributed by atoms with Gasteiger partial charge in [0.25, 0.3) is 5.91 Å². The molecule has 2 aromatic rings. The highest BCUT2D eigenvalue weighted by molar-refractivity contribution is 8.01. The number of anilines is 1. The molecule has 1 amide bonds. The first-order valence-corrected chi connectivity index (χ1v) is 8.35. The molecule has 0 fully saturated rings. The van der Waals surface area contributed by atoms with Crippen LogP contribution in [0.5, 0.6) is 5.75 Å². The van der Waals surface area contributed by atoms with Gasteiger partial charge in [-0.3, -0.25) is 10.1 Å². The van der Waals surface area contributed by atoms with Gasteiger partial charge in [0.2, 0.25) is 5.13 Å². The van der Waals surface area contributed by atoms with Crippen LogP contribution < -0.4 is 10.1 Å². The lowest BCUT2D eigenvalue weighted by Gasteiger charge is -2.05. The van der Waals surface area contributed by atoms with Crippen LogP contribution in [0.15, 0.2) is 34.7 Å². The van der Waals surface area contributed by atoms with E-state index >= 15 is 0 Å². The average Bonchev–Trinajstić information content (AvgIpc) is 2.93. The number of carbonyl (C=O) groups excluding carboxylic acids is 1. The van der Waals surface area contributed by atoms with Crippen molar-refractivity contribution in [1.82, 2.24) is 10.2 Å². The lowest BCUT2D eigenvalue weighted by molar-refractivity contribution is -0.118. The highest BCUT2D eigenvalue weighted by Gasteiger charge is 2.11. The quantitative estimate of drug-likeness (QED) is 0.624. The Morgan fingerprint density at radius 1 is 1.38 bits per heavy atom. The topological polar surface area (TPSA) is 64.1 Å². The number of carbonyl (C=O) groups is 1. The van der Waals surface area contributed by atoms with E-state index in [4.69, 9.17) is 4.74 Å². The summed E-state index contributed by atoms with van der Waals surface area (Å²) in [6.45, 7) is 4.22. The average molecular weight is 323 g/mol. The first-order valence-electron chi connectivity index (χ1n) is 6.65. The van der Waals surface area contributed by atoms with Gasteiger partial charge in [0.1, 0.15) is 5.75 Å². The van der Waals surface area contributed by atoms with Crippen LogP contribution in [0.3, 0.4) is 0 Å². The first kappa shape index (κ1) is 15.8. The molecule has 1 aromatic heterocycles. The van der Waals surface area contributed by atoms with E-state index < -0.39 is 0 Å². The van der Waals surface area contributed by atoms with E-state index in [0.717, 1.165) is 10.8 Å². The summed E-state index contributed by atoms with van der Waals surface area (Å²) >= 11 is 3.04. The van der Waals surface area contributed by atoms with E-state index in [1.165, 1.54) is 11.3 Å². The van der Waals surface area contributed by atoms with Crippen molar-refractivity contribution in [3.05, 3.63) is 30.3 Å². The zero-order valence-electron chi connectivity index (χ0n) is 11.9. The second kappa shape index (κ2) is 7.99. The molecule has 2 rings (SSSR count). The predicted octanol–water partition coefficient (Wildman–Crippen LogP) is 3.45. The minimum Gasteiger partial charge on any atom is -0.484 e. The minimum absolute atomic E-state index is 0.0442. The molecule has 21 heavy (non-hydrogen) atoms. The fourth-order valence-corrected chi connectivity index (χ4v) is 3.40. The van der Waals surface area contributed by atoms with Gasteiger partial charge in [-0.25, -0.2) is 0 Å². The number of aromatic nitrogens is 2. The Labute approximate surface area is 132 Å². The SMILES string of the molecule is CCC(C)Sc1nnc(NC(=O)COc2ccccc2)s1. The van der Waals surface area contributed by atoms with Crippen molar-refractivity contribution in [2.45, 2.75) is 29.9 Å². The van der Waals surface area contributed by atoms with Gasteiger partial charge in [-0.05, 0) is 18.6 Å². The molecule has 1 aromatic carbocycles. The predicted molar refractivity (Wildman–Crippen MR) is 86.1 cm³/mol. The van der Waals surface area contributed by atoms with Crippen LogP contribution in [0.25, 0.3) is 0 Å². The second-order valence-electron chi connectivity index (χ2n) is 4.36. The molecule has 0 aliphatic carbocycles. The number of thioether (sulfide) groups is 1. The molecule has 5 nitrogen and oxygen atoms in total. The van der Waals surface area contributed by atoms with Gasteiger partial charge >= 0.3 is 0 Å². The number of para-hydroxylation sites is 1.